The van der Waals surface area contributed by atoms with Crippen LogP contribution in [-0.2, 0) is 0 Å². The van der Waals surface area contributed by atoms with E-state index in [0.717, 1.165) is 24.2 Å². The first kappa shape index (κ1) is 13.0. The molecule has 0 aliphatic heterocycles. The van der Waals surface area contributed by atoms with E-state index in [1.54, 1.807) is 4.52 Å². The highest BCUT2D eigenvalue weighted by Gasteiger charge is 2.42. The smallest absolute Gasteiger partial charge is 0.291 e. The van der Waals surface area contributed by atoms with Crippen molar-refractivity contribution in [2.24, 2.45) is 5.41 Å². The van der Waals surface area contributed by atoms with Gasteiger partial charge in [-0.25, -0.2) is 9.50 Å². The van der Waals surface area contributed by atoms with Crippen LogP contribution in [0, 0.1) is 19.3 Å². The molecule has 0 aromatic carbocycles. The van der Waals surface area contributed by atoms with Crippen molar-refractivity contribution in [1.82, 2.24) is 24.9 Å². The highest BCUT2D eigenvalue weighted by atomic mass is 16.3. The van der Waals surface area contributed by atoms with E-state index in [9.17, 15) is 9.90 Å². The van der Waals surface area contributed by atoms with Crippen molar-refractivity contribution in [1.29, 1.82) is 0 Å². The number of aromatic nitrogens is 4. The molecule has 0 bridgehead atoms. The van der Waals surface area contributed by atoms with Gasteiger partial charge in [-0.1, -0.05) is 0 Å². The molecule has 1 fully saturated rings. The van der Waals surface area contributed by atoms with E-state index in [0.29, 0.717) is 12.3 Å². The third-order valence-electron chi connectivity index (χ3n) is 3.74. The second-order valence-electron chi connectivity index (χ2n) is 5.53. The van der Waals surface area contributed by atoms with Gasteiger partial charge in [0.2, 0.25) is 5.82 Å². The van der Waals surface area contributed by atoms with Gasteiger partial charge in [0.25, 0.3) is 11.7 Å². The average Bonchev–Trinajstić information content (AvgIpc) is 3.07. The summed E-state index contributed by atoms with van der Waals surface area (Å²) in [7, 11) is 0. The van der Waals surface area contributed by atoms with Crippen molar-refractivity contribution in [3.8, 4) is 0 Å². The maximum absolute atomic E-state index is 12.0. The monoisotopic (exact) mass is 275 g/mol. The van der Waals surface area contributed by atoms with Gasteiger partial charge in [0.1, 0.15) is 0 Å². The molecule has 1 amide bonds. The number of rotatable bonds is 4. The molecular formula is C13H17N5O2. The van der Waals surface area contributed by atoms with E-state index >= 15 is 0 Å². The number of hydrogen-bond acceptors (Lipinski definition) is 5. The zero-order valence-electron chi connectivity index (χ0n) is 11.6. The summed E-state index contributed by atoms with van der Waals surface area (Å²) in [4.78, 5) is 20.4. The molecule has 2 aromatic rings. The first-order chi connectivity index (χ1) is 9.53. The molecule has 7 nitrogen and oxygen atoms in total. The summed E-state index contributed by atoms with van der Waals surface area (Å²) in [5, 5.41) is 16.2. The molecule has 0 unspecified atom stereocenters. The summed E-state index contributed by atoms with van der Waals surface area (Å²) >= 11 is 0. The lowest BCUT2D eigenvalue weighted by molar-refractivity contribution is 0.0925. The number of carbonyl (C=O) groups is 1. The van der Waals surface area contributed by atoms with E-state index in [1.165, 1.54) is 0 Å². The molecule has 0 spiro atoms. The molecule has 3 rings (SSSR count). The van der Waals surface area contributed by atoms with Gasteiger partial charge >= 0.3 is 0 Å². The summed E-state index contributed by atoms with van der Waals surface area (Å²) in [6, 6.07) is 1.88. The largest absolute Gasteiger partial charge is 0.396 e. The van der Waals surface area contributed by atoms with Gasteiger partial charge in [-0.15, -0.1) is 5.10 Å². The zero-order chi connectivity index (χ0) is 14.3. The topological polar surface area (TPSA) is 92.4 Å². The average molecular weight is 275 g/mol. The Labute approximate surface area is 116 Å². The number of nitrogens with zero attached hydrogens (tertiary/aromatic N) is 4. The van der Waals surface area contributed by atoms with E-state index in [2.05, 4.69) is 20.4 Å². The van der Waals surface area contributed by atoms with Crippen LogP contribution in [0.15, 0.2) is 6.07 Å². The SMILES string of the molecule is Cc1cc(C)n2nc(C(=O)NCC3(CO)CC3)nc2n1. The molecule has 2 heterocycles. The molecule has 7 heteroatoms. The Balaban J connectivity index is 1.79. The Morgan fingerprint density at radius 3 is 2.85 bits per heavy atom. The number of fused-ring (bicyclic) bond motifs is 1. The molecule has 20 heavy (non-hydrogen) atoms. The highest BCUT2D eigenvalue weighted by molar-refractivity contribution is 5.90. The van der Waals surface area contributed by atoms with Crippen molar-refractivity contribution < 1.29 is 9.90 Å². The van der Waals surface area contributed by atoms with Crippen LogP contribution in [0.1, 0.15) is 34.8 Å². The summed E-state index contributed by atoms with van der Waals surface area (Å²) in [6.45, 7) is 4.33. The van der Waals surface area contributed by atoms with Crippen LogP contribution in [0.4, 0.5) is 0 Å². The molecular weight excluding hydrogens is 258 g/mol. The zero-order valence-corrected chi connectivity index (χ0v) is 11.6. The quantitative estimate of drug-likeness (QED) is 0.834. The third kappa shape index (κ3) is 2.24. The molecule has 2 aromatic heterocycles. The Morgan fingerprint density at radius 1 is 1.45 bits per heavy atom. The van der Waals surface area contributed by atoms with Crippen LogP contribution in [0.5, 0.6) is 0 Å². The van der Waals surface area contributed by atoms with Crippen LogP contribution in [0.3, 0.4) is 0 Å². The lowest BCUT2D eigenvalue weighted by Gasteiger charge is -2.11. The number of aliphatic hydroxyl groups is 1. The number of aryl methyl sites for hydroxylation is 2. The Bertz CT molecular complexity index is 675. The predicted octanol–water partition coefficient (Wildman–Crippen LogP) is 0.243. The summed E-state index contributed by atoms with van der Waals surface area (Å²) in [5.41, 5.74) is 1.60. The van der Waals surface area contributed by atoms with Crippen LogP contribution in [0.25, 0.3) is 5.78 Å². The lowest BCUT2D eigenvalue weighted by Crippen LogP contribution is -2.32. The lowest BCUT2D eigenvalue weighted by atomic mass is 10.1. The number of nitrogens with one attached hydrogen (secondary N) is 1. The summed E-state index contributed by atoms with van der Waals surface area (Å²) in [6.07, 6.45) is 1.89. The van der Waals surface area contributed by atoms with Crippen molar-refractivity contribution in [2.45, 2.75) is 26.7 Å². The van der Waals surface area contributed by atoms with Gasteiger partial charge in [0, 0.05) is 23.3 Å². The van der Waals surface area contributed by atoms with E-state index < -0.39 is 0 Å². The van der Waals surface area contributed by atoms with Gasteiger partial charge in [0.05, 0.1) is 6.61 Å². The standard InChI is InChI=1S/C13H17N5O2/c1-8-5-9(2)18-12(15-8)16-10(17-18)11(20)14-6-13(7-19)3-4-13/h5,19H,3-4,6-7H2,1-2H3,(H,14,20). The molecule has 1 aliphatic carbocycles. The maximum Gasteiger partial charge on any atom is 0.291 e. The molecule has 106 valence electrons. The highest BCUT2D eigenvalue weighted by Crippen LogP contribution is 2.44. The predicted molar refractivity (Wildman–Crippen MR) is 71.3 cm³/mol. The van der Waals surface area contributed by atoms with Crippen molar-refractivity contribution in [2.75, 3.05) is 13.2 Å². The Morgan fingerprint density at radius 2 is 2.20 bits per heavy atom. The second kappa shape index (κ2) is 4.52. The molecule has 0 saturated heterocycles. The minimum Gasteiger partial charge on any atom is -0.396 e. The minimum absolute atomic E-state index is 0.103. The molecule has 1 saturated carbocycles. The minimum atomic E-state index is -0.327. The van der Waals surface area contributed by atoms with Crippen molar-refractivity contribution >= 4 is 11.7 Å². The number of amides is 1. The number of carbonyl (C=O) groups excluding carboxylic acids is 1. The Kier molecular flexibility index (Phi) is 2.93. The van der Waals surface area contributed by atoms with Crippen LogP contribution >= 0.6 is 0 Å². The fourth-order valence-electron chi connectivity index (χ4n) is 2.18. The molecule has 0 radical (unpaired) electrons. The normalized spacial score (nSPS) is 16.4. The fraction of sp³-hybridized carbons (Fsp3) is 0.538. The molecule has 2 N–H and O–H groups in total. The summed E-state index contributed by atoms with van der Waals surface area (Å²) in [5.74, 6) is 0.211. The van der Waals surface area contributed by atoms with Crippen LogP contribution < -0.4 is 5.32 Å². The fourth-order valence-corrected chi connectivity index (χ4v) is 2.18. The molecule has 0 atom stereocenters. The third-order valence-corrected chi connectivity index (χ3v) is 3.74. The van der Waals surface area contributed by atoms with Gasteiger partial charge in [0.15, 0.2) is 0 Å². The van der Waals surface area contributed by atoms with Crippen molar-refractivity contribution in [3.63, 3.8) is 0 Å². The van der Waals surface area contributed by atoms with Gasteiger partial charge < -0.3 is 10.4 Å². The molecule has 1 aliphatic rings. The van der Waals surface area contributed by atoms with Crippen molar-refractivity contribution in [3.05, 3.63) is 23.3 Å². The van der Waals surface area contributed by atoms with Crippen LogP contribution in [-0.4, -0.2) is 43.7 Å². The first-order valence-electron chi connectivity index (χ1n) is 6.63. The van der Waals surface area contributed by atoms with Gasteiger partial charge in [-0.3, -0.25) is 4.79 Å². The van der Waals surface area contributed by atoms with E-state index in [-0.39, 0.29) is 23.8 Å². The first-order valence-corrected chi connectivity index (χ1v) is 6.63. The second-order valence-corrected chi connectivity index (χ2v) is 5.53. The van der Waals surface area contributed by atoms with Gasteiger partial charge in [-0.05, 0) is 32.8 Å². The Hall–Kier alpha value is -2.02. The van der Waals surface area contributed by atoms with Gasteiger partial charge in [-0.2, -0.15) is 4.98 Å². The maximum atomic E-state index is 12.0. The summed E-state index contributed by atoms with van der Waals surface area (Å²) < 4.78 is 1.56. The van der Waals surface area contributed by atoms with Crippen LogP contribution in [0.2, 0.25) is 0 Å². The number of hydrogen-bond donors (Lipinski definition) is 2. The van der Waals surface area contributed by atoms with E-state index in [4.69, 9.17) is 0 Å². The van der Waals surface area contributed by atoms with E-state index in [1.807, 2.05) is 19.9 Å². The number of aliphatic hydroxyl groups excluding tert-OH is 1.